The van der Waals surface area contributed by atoms with Crippen LogP contribution >= 0.6 is 0 Å². The van der Waals surface area contributed by atoms with Crippen LogP contribution in [0.3, 0.4) is 0 Å². The first-order valence-electron chi connectivity index (χ1n) is 13.3. The summed E-state index contributed by atoms with van der Waals surface area (Å²) < 4.78 is 37.2. The maximum atomic E-state index is 15.6. The van der Waals surface area contributed by atoms with Crippen LogP contribution in [0.15, 0.2) is 42.5 Å². The average molecular weight is 519 g/mol. The van der Waals surface area contributed by atoms with Gasteiger partial charge in [0.05, 0.1) is 17.4 Å². The van der Waals surface area contributed by atoms with E-state index in [-0.39, 0.29) is 22.8 Å². The first kappa shape index (κ1) is 24.8. The van der Waals surface area contributed by atoms with Gasteiger partial charge >= 0.3 is 0 Å². The minimum Gasteiger partial charge on any atom is -0.380 e. The van der Waals surface area contributed by atoms with Gasteiger partial charge in [0, 0.05) is 44.1 Å². The molecule has 0 unspecified atom stereocenters. The van der Waals surface area contributed by atoms with Crippen molar-refractivity contribution >= 4 is 11.5 Å². The predicted molar refractivity (Wildman–Crippen MR) is 142 cm³/mol. The van der Waals surface area contributed by atoms with Gasteiger partial charge in [0.25, 0.3) is 0 Å². The molecule has 4 aliphatic heterocycles. The standard InChI is InChI=1S/C29H32F2N6O/c1-38-23-6-10-36(18-23)22-4-5-26(25(31)15-22)37-27(20-2-3-21(17-32)24(30)14-20)16-28(34-37)33-19-29-7-11-35(12-8-29)13-9-29/h2-5,14-16,23H,6-13,18-19H2,1H3,(H,33,34)/t23-/m0/s1. The Hall–Kier alpha value is -3.48. The van der Waals surface area contributed by atoms with Gasteiger partial charge in [-0.25, -0.2) is 13.5 Å². The van der Waals surface area contributed by atoms with Crippen LogP contribution in [0.25, 0.3) is 16.9 Å². The Bertz CT molecular complexity index is 1360. The Morgan fingerprint density at radius 1 is 1.05 bits per heavy atom. The molecule has 4 fully saturated rings. The van der Waals surface area contributed by atoms with E-state index in [0.29, 0.717) is 17.1 Å². The number of ether oxygens (including phenoxy) is 1. The number of nitrogens with one attached hydrogen (secondary N) is 1. The van der Waals surface area contributed by atoms with Gasteiger partial charge < -0.3 is 19.9 Å². The number of methoxy groups -OCH3 is 1. The summed E-state index contributed by atoms with van der Waals surface area (Å²) in [6, 6.07) is 13.3. The number of nitrogens with zero attached hydrogens (tertiary/aromatic N) is 5. The molecule has 38 heavy (non-hydrogen) atoms. The molecule has 5 heterocycles. The molecule has 4 aliphatic rings. The molecule has 0 spiro atoms. The fraction of sp³-hybridized carbons (Fsp3) is 0.448. The first-order chi connectivity index (χ1) is 18.5. The molecule has 1 aromatic heterocycles. The van der Waals surface area contributed by atoms with Gasteiger partial charge in [-0.2, -0.15) is 5.26 Å². The molecule has 2 aromatic carbocycles. The minimum absolute atomic E-state index is 0.0311. The summed E-state index contributed by atoms with van der Waals surface area (Å²) >= 11 is 0. The highest BCUT2D eigenvalue weighted by atomic mass is 19.1. The number of hydrogen-bond donors (Lipinski definition) is 1. The highest BCUT2D eigenvalue weighted by Crippen LogP contribution is 2.40. The molecule has 3 aromatic rings. The lowest BCUT2D eigenvalue weighted by molar-refractivity contribution is 0.0360. The van der Waals surface area contributed by atoms with E-state index in [9.17, 15) is 4.39 Å². The van der Waals surface area contributed by atoms with Crippen LogP contribution in [-0.2, 0) is 4.74 Å². The Morgan fingerprint density at radius 2 is 1.84 bits per heavy atom. The minimum atomic E-state index is -0.613. The molecule has 7 rings (SSSR count). The molecule has 9 heteroatoms. The van der Waals surface area contributed by atoms with Crippen LogP contribution in [0, 0.1) is 28.4 Å². The second kappa shape index (κ2) is 10.0. The number of halogens is 2. The number of piperidine rings is 3. The van der Waals surface area contributed by atoms with E-state index in [0.717, 1.165) is 70.6 Å². The summed E-state index contributed by atoms with van der Waals surface area (Å²) in [5.41, 5.74) is 2.38. The summed E-state index contributed by atoms with van der Waals surface area (Å²) in [5.74, 6) is -0.401. The summed E-state index contributed by atoms with van der Waals surface area (Å²) in [6.07, 6.45) is 4.52. The third-order valence-corrected chi connectivity index (χ3v) is 8.62. The van der Waals surface area contributed by atoms with Crippen LogP contribution in [0.2, 0.25) is 0 Å². The molecule has 0 amide bonds. The normalized spacial score (nSPS) is 24.5. The zero-order valence-corrected chi connectivity index (χ0v) is 21.6. The highest BCUT2D eigenvalue weighted by molar-refractivity contribution is 5.68. The molecule has 0 aliphatic carbocycles. The molecule has 2 bridgehead atoms. The predicted octanol–water partition coefficient (Wildman–Crippen LogP) is 4.81. The zero-order chi connectivity index (χ0) is 26.3. The van der Waals surface area contributed by atoms with E-state index in [1.807, 2.05) is 18.2 Å². The lowest BCUT2D eigenvalue weighted by Gasteiger charge is -2.48. The van der Waals surface area contributed by atoms with E-state index in [1.54, 1.807) is 19.2 Å². The molecular weight excluding hydrogens is 486 g/mol. The van der Waals surface area contributed by atoms with E-state index in [4.69, 9.17) is 15.1 Å². The second-order valence-corrected chi connectivity index (χ2v) is 10.8. The zero-order valence-electron chi connectivity index (χ0n) is 21.6. The molecule has 0 saturated carbocycles. The van der Waals surface area contributed by atoms with Gasteiger partial charge in [0.15, 0.2) is 5.82 Å². The molecule has 1 N–H and O–H groups in total. The van der Waals surface area contributed by atoms with Crippen LogP contribution in [0.1, 0.15) is 31.2 Å². The second-order valence-electron chi connectivity index (χ2n) is 10.8. The maximum absolute atomic E-state index is 15.6. The van der Waals surface area contributed by atoms with Crippen LogP contribution in [-0.4, -0.2) is 67.2 Å². The van der Waals surface area contributed by atoms with Crippen molar-refractivity contribution in [2.45, 2.75) is 31.8 Å². The van der Waals surface area contributed by atoms with Crippen molar-refractivity contribution in [2.24, 2.45) is 5.41 Å². The van der Waals surface area contributed by atoms with Gasteiger partial charge in [-0.1, -0.05) is 6.07 Å². The summed E-state index contributed by atoms with van der Waals surface area (Å²) in [6.45, 7) is 5.72. The fourth-order valence-corrected chi connectivity index (χ4v) is 6.08. The molecular formula is C29H32F2N6O. The quantitative estimate of drug-likeness (QED) is 0.484. The fourth-order valence-electron chi connectivity index (χ4n) is 6.08. The third kappa shape index (κ3) is 4.63. The lowest BCUT2D eigenvalue weighted by Crippen LogP contribution is -2.50. The van der Waals surface area contributed by atoms with E-state index < -0.39 is 11.6 Å². The highest BCUT2D eigenvalue weighted by Gasteiger charge is 2.39. The molecule has 7 nitrogen and oxygen atoms in total. The maximum Gasteiger partial charge on any atom is 0.150 e. The molecule has 198 valence electrons. The van der Waals surface area contributed by atoms with Crippen molar-refractivity contribution < 1.29 is 13.5 Å². The number of nitriles is 1. The van der Waals surface area contributed by atoms with Crippen LogP contribution < -0.4 is 10.2 Å². The molecule has 1 atom stereocenters. The van der Waals surface area contributed by atoms with E-state index in [2.05, 4.69) is 15.1 Å². The topological polar surface area (TPSA) is 69.3 Å². The number of rotatable bonds is 7. The van der Waals surface area contributed by atoms with Crippen LogP contribution in [0.5, 0.6) is 0 Å². The van der Waals surface area contributed by atoms with Crippen LogP contribution in [0.4, 0.5) is 20.3 Å². The van der Waals surface area contributed by atoms with Gasteiger partial charge in [-0.15, -0.1) is 5.10 Å². The largest absolute Gasteiger partial charge is 0.380 e. The molecule has 0 radical (unpaired) electrons. The van der Waals surface area contributed by atoms with Crippen molar-refractivity contribution in [3.63, 3.8) is 0 Å². The van der Waals surface area contributed by atoms with Gasteiger partial charge in [-0.3, -0.25) is 0 Å². The third-order valence-electron chi connectivity index (χ3n) is 8.62. The van der Waals surface area contributed by atoms with Crippen molar-refractivity contribution in [3.8, 4) is 23.0 Å². The Morgan fingerprint density at radius 3 is 2.50 bits per heavy atom. The van der Waals surface area contributed by atoms with Crippen molar-refractivity contribution in [1.82, 2.24) is 14.7 Å². The summed E-state index contributed by atoms with van der Waals surface area (Å²) in [5, 5.41) is 17.4. The SMILES string of the molecule is CO[C@H]1CCN(c2ccc(-n3nc(NCC45CCN(CC4)CC5)cc3-c3ccc(C#N)c(F)c3)c(F)c2)C1. The smallest absolute Gasteiger partial charge is 0.150 e. The Labute approximate surface area is 221 Å². The van der Waals surface area contributed by atoms with Gasteiger partial charge in [-0.05, 0) is 81.1 Å². The van der Waals surface area contributed by atoms with E-state index in [1.165, 1.54) is 22.9 Å². The van der Waals surface area contributed by atoms with Crippen molar-refractivity contribution in [3.05, 3.63) is 59.7 Å². The average Bonchev–Trinajstić information content (AvgIpc) is 3.61. The van der Waals surface area contributed by atoms with Crippen molar-refractivity contribution in [2.75, 3.05) is 56.6 Å². The number of fused-ring (bicyclic) bond motifs is 3. The number of benzene rings is 2. The Kier molecular flexibility index (Phi) is 6.54. The monoisotopic (exact) mass is 518 g/mol. The first-order valence-corrected chi connectivity index (χ1v) is 13.3. The Balaban J connectivity index is 1.33. The molecule has 4 saturated heterocycles. The summed E-state index contributed by atoms with van der Waals surface area (Å²) in [4.78, 5) is 4.63. The lowest BCUT2D eigenvalue weighted by atomic mass is 9.72. The number of anilines is 2. The van der Waals surface area contributed by atoms with Gasteiger partial charge in [0.2, 0.25) is 0 Å². The summed E-state index contributed by atoms with van der Waals surface area (Å²) in [7, 11) is 1.70. The number of hydrogen-bond acceptors (Lipinski definition) is 6. The number of aromatic nitrogens is 2. The van der Waals surface area contributed by atoms with E-state index >= 15 is 4.39 Å². The van der Waals surface area contributed by atoms with Gasteiger partial charge in [0.1, 0.15) is 23.4 Å². The van der Waals surface area contributed by atoms with Crippen molar-refractivity contribution in [1.29, 1.82) is 5.26 Å².